The van der Waals surface area contributed by atoms with Crippen LogP contribution in [0.2, 0.25) is 0 Å². The fraction of sp³-hybridized carbons (Fsp3) is 0.333. The zero-order chi connectivity index (χ0) is 12.1. The molecule has 90 valence electrons. The average Bonchev–Trinajstić information content (AvgIpc) is 2.38. The van der Waals surface area contributed by atoms with E-state index in [2.05, 4.69) is 65.3 Å². The molecular weight excluding hydrogens is 276 g/mol. The zero-order valence-electron chi connectivity index (χ0n) is 10.0. The highest BCUT2D eigenvalue weighted by Gasteiger charge is 2.25. The Kier molecular flexibility index (Phi) is 4.19. The summed E-state index contributed by atoms with van der Waals surface area (Å²) in [5.74, 6) is 0. The van der Waals surface area contributed by atoms with E-state index in [0.717, 1.165) is 19.4 Å². The van der Waals surface area contributed by atoms with Crippen molar-refractivity contribution in [3.8, 4) is 0 Å². The summed E-state index contributed by atoms with van der Waals surface area (Å²) in [4.78, 5) is 0. The van der Waals surface area contributed by atoms with E-state index in [4.69, 9.17) is 4.74 Å². The lowest BCUT2D eigenvalue weighted by atomic mass is 9.98. The van der Waals surface area contributed by atoms with E-state index in [1.165, 1.54) is 11.1 Å². The van der Waals surface area contributed by atoms with Gasteiger partial charge in [-0.3, -0.25) is 0 Å². The molecule has 0 radical (unpaired) electrons. The molecule has 0 saturated carbocycles. The van der Waals surface area contributed by atoms with Crippen LogP contribution >= 0.6 is 15.9 Å². The first-order chi connectivity index (χ1) is 8.23. The van der Waals surface area contributed by atoms with E-state index >= 15 is 0 Å². The van der Waals surface area contributed by atoms with Crippen LogP contribution in [0.15, 0.2) is 48.6 Å². The lowest BCUT2D eigenvalue weighted by molar-refractivity contribution is 0.0670. The number of hydrogen-bond donors (Lipinski definition) is 0. The van der Waals surface area contributed by atoms with E-state index in [-0.39, 0.29) is 4.51 Å². The molecule has 0 N–H and O–H groups in total. The molecule has 0 heterocycles. The molecule has 0 aromatic heterocycles. The molecule has 1 nitrogen and oxygen atoms in total. The Hall–Kier alpha value is -0.860. The quantitative estimate of drug-likeness (QED) is 0.740. The summed E-state index contributed by atoms with van der Waals surface area (Å²) in [7, 11) is 0. The van der Waals surface area contributed by atoms with Crippen LogP contribution in [0.3, 0.4) is 0 Å². The van der Waals surface area contributed by atoms with Crippen molar-refractivity contribution >= 4 is 21.5 Å². The van der Waals surface area contributed by atoms with Crippen LogP contribution in [0.25, 0.3) is 5.57 Å². The van der Waals surface area contributed by atoms with Gasteiger partial charge in [-0.1, -0.05) is 49.4 Å². The van der Waals surface area contributed by atoms with E-state index in [0.29, 0.717) is 0 Å². The molecule has 0 bridgehead atoms. The second-order valence-electron chi connectivity index (χ2n) is 4.20. The smallest absolute Gasteiger partial charge is 0.145 e. The van der Waals surface area contributed by atoms with Crippen molar-refractivity contribution in [2.75, 3.05) is 6.61 Å². The lowest BCUT2D eigenvalue weighted by Crippen LogP contribution is -2.23. The molecule has 1 atom stereocenters. The van der Waals surface area contributed by atoms with E-state index < -0.39 is 0 Å². The summed E-state index contributed by atoms with van der Waals surface area (Å²) in [6.45, 7) is 2.90. The number of halogens is 1. The van der Waals surface area contributed by atoms with Crippen molar-refractivity contribution in [3.05, 3.63) is 54.1 Å². The largest absolute Gasteiger partial charge is 0.360 e. The van der Waals surface area contributed by atoms with Crippen molar-refractivity contribution in [1.29, 1.82) is 0 Å². The van der Waals surface area contributed by atoms with E-state index in [1.54, 1.807) is 0 Å². The molecule has 17 heavy (non-hydrogen) atoms. The number of rotatable bonds is 4. The van der Waals surface area contributed by atoms with Gasteiger partial charge in [0.15, 0.2) is 0 Å². The fourth-order valence-corrected chi connectivity index (χ4v) is 2.28. The minimum Gasteiger partial charge on any atom is -0.360 e. The van der Waals surface area contributed by atoms with Crippen LogP contribution in [0, 0.1) is 0 Å². The molecule has 1 aliphatic rings. The molecular formula is C15H17BrO. The number of hydrogen-bond acceptors (Lipinski definition) is 1. The van der Waals surface area contributed by atoms with Crippen molar-refractivity contribution in [3.63, 3.8) is 0 Å². The Bertz CT molecular complexity index is 422. The number of benzene rings is 1. The summed E-state index contributed by atoms with van der Waals surface area (Å²) in [6.07, 6.45) is 8.36. The van der Waals surface area contributed by atoms with E-state index in [9.17, 15) is 0 Å². The molecule has 0 aliphatic heterocycles. The zero-order valence-corrected chi connectivity index (χ0v) is 11.6. The number of alkyl halides is 1. The van der Waals surface area contributed by atoms with Crippen LogP contribution in [0.5, 0.6) is 0 Å². The first kappa shape index (κ1) is 12.6. The SMILES string of the molecule is CCCOC1(Br)C=CC(c2ccccc2)=CC1. The Morgan fingerprint density at radius 2 is 2.06 bits per heavy atom. The highest BCUT2D eigenvalue weighted by Crippen LogP contribution is 2.34. The Balaban J connectivity index is 2.06. The van der Waals surface area contributed by atoms with Gasteiger partial charge in [-0.2, -0.15) is 0 Å². The van der Waals surface area contributed by atoms with Crippen molar-refractivity contribution < 1.29 is 4.74 Å². The van der Waals surface area contributed by atoms with Gasteiger partial charge in [0.2, 0.25) is 0 Å². The van der Waals surface area contributed by atoms with Gasteiger partial charge in [0.25, 0.3) is 0 Å². The predicted molar refractivity (Wildman–Crippen MR) is 76.1 cm³/mol. The standard InChI is InChI=1S/C15H17BrO/c1-2-12-17-15(16)10-8-14(9-11-15)13-6-4-3-5-7-13/h3-10H,2,11-12H2,1H3. The topological polar surface area (TPSA) is 9.23 Å². The molecule has 1 aromatic carbocycles. The third kappa shape index (κ3) is 3.30. The number of ether oxygens (including phenoxy) is 1. The summed E-state index contributed by atoms with van der Waals surface area (Å²) in [5, 5.41) is 0. The molecule has 2 rings (SSSR count). The van der Waals surface area contributed by atoms with Crippen molar-refractivity contribution in [1.82, 2.24) is 0 Å². The van der Waals surface area contributed by atoms with Gasteiger partial charge >= 0.3 is 0 Å². The maximum atomic E-state index is 5.79. The first-order valence-electron chi connectivity index (χ1n) is 6.01. The maximum Gasteiger partial charge on any atom is 0.145 e. The van der Waals surface area contributed by atoms with Gasteiger partial charge in [0.05, 0.1) is 0 Å². The highest BCUT2D eigenvalue weighted by atomic mass is 79.9. The minimum absolute atomic E-state index is 0.304. The second kappa shape index (κ2) is 5.65. The normalized spacial score (nSPS) is 23.5. The van der Waals surface area contributed by atoms with Crippen LogP contribution in [0.1, 0.15) is 25.3 Å². The molecule has 1 aromatic rings. The van der Waals surface area contributed by atoms with Crippen molar-refractivity contribution in [2.24, 2.45) is 0 Å². The van der Waals surface area contributed by atoms with Gasteiger partial charge in [0, 0.05) is 13.0 Å². The molecule has 1 aliphatic carbocycles. The third-order valence-electron chi connectivity index (χ3n) is 2.77. The minimum atomic E-state index is -0.304. The average molecular weight is 293 g/mol. The highest BCUT2D eigenvalue weighted by molar-refractivity contribution is 9.10. The van der Waals surface area contributed by atoms with Crippen LogP contribution in [0.4, 0.5) is 0 Å². The maximum absolute atomic E-state index is 5.79. The first-order valence-corrected chi connectivity index (χ1v) is 6.80. The van der Waals surface area contributed by atoms with Gasteiger partial charge in [-0.15, -0.1) is 0 Å². The monoisotopic (exact) mass is 292 g/mol. The summed E-state index contributed by atoms with van der Waals surface area (Å²) in [5.41, 5.74) is 2.52. The summed E-state index contributed by atoms with van der Waals surface area (Å²) in [6, 6.07) is 10.4. The fourth-order valence-electron chi connectivity index (χ4n) is 1.82. The second-order valence-corrected chi connectivity index (χ2v) is 5.54. The van der Waals surface area contributed by atoms with Gasteiger partial charge < -0.3 is 4.74 Å². The van der Waals surface area contributed by atoms with Gasteiger partial charge in [0.1, 0.15) is 4.51 Å². The lowest BCUT2D eigenvalue weighted by Gasteiger charge is -2.26. The van der Waals surface area contributed by atoms with E-state index in [1.807, 2.05) is 6.07 Å². The molecule has 0 spiro atoms. The molecule has 2 heteroatoms. The number of allylic oxidation sites excluding steroid dienone is 2. The predicted octanol–water partition coefficient (Wildman–Crippen LogP) is 4.55. The van der Waals surface area contributed by atoms with Crippen molar-refractivity contribution in [2.45, 2.75) is 24.3 Å². The van der Waals surface area contributed by atoms with Crippen LogP contribution < -0.4 is 0 Å². The molecule has 0 amide bonds. The molecule has 0 fully saturated rings. The Morgan fingerprint density at radius 1 is 1.29 bits per heavy atom. The third-order valence-corrected chi connectivity index (χ3v) is 3.58. The Labute approximate surface area is 111 Å². The molecule has 1 unspecified atom stereocenters. The van der Waals surface area contributed by atoms with Gasteiger partial charge in [-0.05, 0) is 39.6 Å². The van der Waals surface area contributed by atoms with Crippen LogP contribution in [-0.4, -0.2) is 11.1 Å². The Morgan fingerprint density at radius 3 is 2.65 bits per heavy atom. The summed E-state index contributed by atoms with van der Waals surface area (Å²) < 4.78 is 5.48. The van der Waals surface area contributed by atoms with Gasteiger partial charge in [-0.25, -0.2) is 0 Å². The van der Waals surface area contributed by atoms with Crippen LogP contribution in [-0.2, 0) is 4.74 Å². The molecule has 0 saturated heterocycles. The summed E-state index contributed by atoms with van der Waals surface area (Å²) >= 11 is 3.64.